The fourth-order valence-corrected chi connectivity index (χ4v) is 4.14. The number of benzene rings is 3. The SMILES string of the molecule is C=CCN(Cc1ccc(OC)cc1)C(=O)c1cccc(S(=O)(=O)Nc2ccc(F)cc2)c1. The molecular formula is C24H23FN2O4S. The molecule has 0 spiro atoms. The molecule has 0 atom stereocenters. The normalized spacial score (nSPS) is 10.9. The summed E-state index contributed by atoms with van der Waals surface area (Å²) < 4.78 is 46.1. The molecule has 166 valence electrons. The Labute approximate surface area is 187 Å². The summed E-state index contributed by atoms with van der Waals surface area (Å²) in [5.74, 6) is -0.0961. The van der Waals surface area contributed by atoms with Gasteiger partial charge in [-0.15, -0.1) is 6.58 Å². The zero-order valence-electron chi connectivity index (χ0n) is 17.5. The predicted octanol–water partition coefficient (Wildman–Crippen LogP) is 4.46. The standard InChI is InChI=1S/C24H23FN2O4S/c1-3-15-27(17-18-7-13-22(31-2)14-8-18)24(28)19-5-4-6-23(16-19)32(29,30)26-21-11-9-20(25)10-12-21/h3-14,16,26H,1,15,17H2,2H3. The molecule has 8 heteroatoms. The van der Waals surface area contributed by atoms with E-state index in [9.17, 15) is 17.6 Å². The topological polar surface area (TPSA) is 75.7 Å². The van der Waals surface area contributed by atoms with Gasteiger partial charge in [0, 0.05) is 24.3 Å². The Morgan fingerprint density at radius 1 is 1.09 bits per heavy atom. The minimum atomic E-state index is -3.96. The Morgan fingerprint density at radius 3 is 2.41 bits per heavy atom. The van der Waals surface area contributed by atoms with Gasteiger partial charge in [0.05, 0.1) is 12.0 Å². The second-order valence-electron chi connectivity index (χ2n) is 6.96. The molecule has 0 unspecified atom stereocenters. The number of carbonyl (C=O) groups excluding carboxylic acids is 1. The minimum Gasteiger partial charge on any atom is -0.497 e. The van der Waals surface area contributed by atoms with Gasteiger partial charge in [0.1, 0.15) is 11.6 Å². The first kappa shape index (κ1) is 23.0. The number of amides is 1. The lowest BCUT2D eigenvalue weighted by Crippen LogP contribution is -2.31. The van der Waals surface area contributed by atoms with Gasteiger partial charge in [0.15, 0.2) is 0 Å². The highest BCUT2D eigenvalue weighted by molar-refractivity contribution is 7.92. The van der Waals surface area contributed by atoms with E-state index in [1.165, 1.54) is 30.3 Å². The van der Waals surface area contributed by atoms with E-state index in [-0.39, 0.29) is 28.6 Å². The lowest BCUT2D eigenvalue weighted by atomic mass is 10.1. The third-order valence-corrected chi connectivity index (χ3v) is 6.04. The van der Waals surface area contributed by atoms with Crippen LogP contribution in [0.4, 0.5) is 10.1 Å². The molecule has 0 aliphatic heterocycles. The van der Waals surface area contributed by atoms with E-state index in [2.05, 4.69) is 11.3 Å². The average Bonchev–Trinajstić information content (AvgIpc) is 2.80. The van der Waals surface area contributed by atoms with E-state index in [4.69, 9.17) is 4.74 Å². The minimum absolute atomic E-state index is 0.0734. The molecule has 0 aromatic heterocycles. The van der Waals surface area contributed by atoms with E-state index in [0.29, 0.717) is 12.3 Å². The number of nitrogens with one attached hydrogen (secondary N) is 1. The van der Waals surface area contributed by atoms with Crippen molar-refractivity contribution >= 4 is 21.6 Å². The van der Waals surface area contributed by atoms with Crippen LogP contribution in [-0.2, 0) is 16.6 Å². The molecule has 0 bridgehead atoms. The zero-order valence-corrected chi connectivity index (χ0v) is 18.3. The Morgan fingerprint density at radius 2 is 1.78 bits per heavy atom. The Kier molecular flexibility index (Phi) is 7.27. The molecule has 32 heavy (non-hydrogen) atoms. The van der Waals surface area contributed by atoms with Gasteiger partial charge < -0.3 is 9.64 Å². The highest BCUT2D eigenvalue weighted by Crippen LogP contribution is 2.20. The molecule has 0 fully saturated rings. The van der Waals surface area contributed by atoms with Crippen LogP contribution in [0.2, 0.25) is 0 Å². The zero-order chi connectivity index (χ0) is 23.1. The van der Waals surface area contributed by atoms with Crippen LogP contribution in [0.3, 0.4) is 0 Å². The van der Waals surface area contributed by atoms with E-state index < -0.39 is 15.8 Å². The number of carbonyl (C=O) groups is 1. The maximum Gasteiger partial charge on any atom is 0.261 e. The monoisotopic (exact) mass is 454 g/mol. The first-order valence-electron chi connectivity index (χ1n) is 9.74. The van der Waals surface area contributed by atoms with Gasteiger partial charge in [-0.1, -0.05) is 24.3 Å². The van der Waals surface area contributed by atoms with Crippen LogP contribution in [0.5, 0.6) is 5.75 Å². The lowest BCUT2D eigenvalue weighted by molar-refractivity contribution is 0.0762. The summed E-state index contributed by atoms with van der Waals surface area (Å²) in [5.41, 5.74) is 1.33. The van der Waals surface area contributed by atoms with E-state index in [1.54, 1.807) is 36.3 Å². The first-order valence-corrected chi connectivity index (χ1v) is 11.2. The predicted molar refractivity (Wildman–Crippen MR) is 122 cm³/mol. The van der Waals surface area contributed by atoms with Crippen LogP contribution in [0, 0.1) is 5.82 Å². The molecule has 0 heterocycles. The number of methoxy groups -OCH3 is 1. The summed E-state index contributed by atoms with van der Waals surface area (Å²) in [6.45, 7) is 4.32. The van der Waals surface area contributed by atoms with Gasteiger partial charge in [-0.3, -0.25) is 9.52 Å². The fraction of sp³-hybridized carbons (Fsp3) is 0.125. The number of nitrogens with zero attached hydrogens (tertiary/aromatic N) is 1. The second-order valence-corrected chi connectivity index (χ2v) is 8.65. The fourth-order valence-electron chi connectivity index (χ4n) is 3.04. The maximum atomic E-state index is 13.1. The number of anilines is 1. The van der Waals surface area contributed by atoms with Crippen LogP contribution in [0.1, 0.15) is 15.9 Å². The van der Waals surface area contributed by atoms with Gasteiger partial charge in [0.25, 0.3) is 15.9 Å². The van der Waals surface area contributed by atoms with Gasteiger partial charge >= 0.3 is 0 Å². The Hall–Kier alpha value is -3.65. The molecular weight excluding hydrogens is 431 g/mol. The number of halogens is 1. The van der Waals surface area contributed by atoms with Crippen LogP contribution >= 0.6 is 0 Å². The molecule has 3 aromatic rings. The molecule has 0 radical (unpaired) electrons. The molecule has 1 amide bonds. The highest BCUT2D eigenvalue weighted by Gasteiger charge is 2.20. The summed E-state index contributed by atoms with van der Waals surface area (Å²) in [6.07, 6.45) is 1.61. The summed E-state index contributed by atoms with van der Waals surface area (Å²) in [6, 6.07) is 18.1. The molecule has 0 saturated carbocycles. The second kappa shape index (κ2) is 10.1. The van der Waals surface area contributed by atoms with Crippen molar-refractivity contribution in [2.24, 2.45) is 0 Å². The highest BCUT2D eigenvalue weighted by atomic mass is 32.2. The Bertz CT molecular complexity index is 1190. The molecule has 3 rings (SSSR count). The summed E-state index contributed by atoms with van der Waals surface area (Å²) in [4.78, 5) is 14.6. The smallest absolute Gasteiger partial charge is 0.261 e. The van der Waals surface area contributed by atoms with Gasteiger partial charge in [-0.05, 0) is 60.2 Å². The van der Waals surface area contributed by atoms with Crippen molar-refractivity contribution in [3.8, 4) is 5.75 Å². The first-order chi connectivity index (χ1) is 15.3. The number of rotatable bonds is 9. The number of hydrogen-bond acceptors (Lipinski definition) is 4. The lowest BCUT2D eigenvalue weighted by Gasteiger charge is -2.22. The van der Waals surface area contributed by atoms with Gasteiger partial charge in [-0.2, -0.15) is 0 Å². The quantitative estimate of drug-likeness (QED) is 0.484. The van der Waals surface area contributed by atoms with Crippen molar-refractivity contribution in [3.05, 3.63) is 102 Å². The molecule has 1 N–H and O–H groups in total. The van der Waals surface area contributed by atoms with E-state index >= 15 is 0 Å². The molecule has 3 aromatic carbocycles. The van der Waals surface area contributed by atoms with Crippen molar-refractivity contribution in [2.45, 2.75) is 11.4 Å². The number of hydrogen-bond donors (Lipinski definition) is 1. The third-order valence-electron chi connectivity index (χ3n) is 4.66. The summed E-state index contributed by atoms with van der Waals surface area (Å²) in [7, 11) is -2.39. The summed E-state index contributed by atoms with van der Waals surface area (Å²) >= 11 is 0. The molecule has 6 nitrogen and oxygen atoms in total. The van der Waals surface area contributed by atoms with Crippen LogP contribution in [-0.4, -0.2) is 32.9 Å². The largest absolute Gasteiger partial charge is 0.497 e. The van der Waals surface area contributed by atoms with Crippen LogP contribution in [0.15, 0.2) is 90.3 Å². The average molecular weight is 455 g/mol. The van der Waals surface area contributed by atoms with Crippen molar-refractivity contribution < 1.29 is 22.3 Å². The number of ether oxygens (including phenoxy) is 1. The molecule has 0 aliphatic rings. The van der Waals surface area contributed by atoms with Crippen LogP contribution in [0.25, 0.3) is 0 Å². The molecule has 0 aliphatic carbocycles. The maximum absolute atomic E-state index is 13.1. The van der Waals surface area contributed by atoms with E-state index in [0.717, 1.165) is 17.7 Å². The van der Waals surface area contributed by atoms with Gasteiger partial charge in [-0.25, -0.2) is 12.8 Å². The van der Waals surface area contributed by atoms with Crippen molar-refractivity contribution in [2.75, 3.05) is 18.4 Å². The van der Waals surface area contributed by atoms with Crippen molar-refractivity contribution in [1.29, 1.82) is 0 Å². The van der Waals surface area contributed by atoms with E-state index in [1.807, 2.05) is 12.1 Å². The van der Waals surface area contributed by atoms with Crippen LogP contribution < -0.4 is 9.46 Å². The third kappa shape index (κ3) is 5.73. The van der Waals surface area contributed by atoms with Crippen molar-refractivity contribution in [3.63, 3.8) is 0 Å². The number of sulfonamides is 1. The Balaban J connectivity index is 1.82. The molecule has 0 saturated heterocycles. The summed E-state index contributed by atoms with van der Waals surface area (Å²) in [5, 5.41) is 0. The van der Waals surface area contributed by atoms with Gasteiger partial charge in [0.2, 0.25) is 0 Å². The van der Waals surface area contributed by atoms with Crippen molar-refractivity contribution in [1.82, 2.24) is 4.90 Å².